The van der Waals surface area contributed by atoms with Crippen molar-refractivity contribution in [3.05, 3.63) is 34.7 Å². The molecule has 0 aromatic heterocycles. The fraction of sp³-hybridized carbons (Fsp3) is 0.565. The Balaban J connectivity index is 1.60. The van der Waals surface area contributed by atoms with Crippen LogP contribution in [-0.2, 0) is 4.79 Å². The van der Waals surface area contributed by atoms with E-state index in [-0.39, 0.29) is 5.91 Å². The number of nitrogens with zero attached hydrogens (tertiary/aromatic N) is 2. The summed E-state index contributed by atoms with van der Waals surface area (Å²) >= 11 is 1.58. The Hall–Kier alpha value is -1.75. The molecular weight excluding hydrogens is 368 g/mol. The molecule has 1 heterocycles. The predicted octanol–water partition coefficient (Wildman–Crippen LogP) is 5.63. The Kier molecular flexibility index (Phi) is 6.40. The summed E-state index contributed by atoms with van der Waals surface area (Å²) in [6.07, 6.45) is 14.1. The highest BCUT2D eigenvalue weighted by molar-refractivity contribution is 8.18. The summed E-state index contributed by atoms with van der Waals surface area (Å²) in [5.41, 5.74) is 1.03. The molecule has 0 atom stereocenters. The zero-order valence-corrected chi connectivity index (χ0v) is 17.5. The van der Waals surface area contributed by atoms with Gasteiger partial charge in [0.2, 0.25) is 0 Å². The van der Waals surface area contributed by atoms with Crippen LogP contribution in [0.4, 0.5) is 0 Å². The molecule has 2 saturated carbocycles. The highest BCUT2D eigenvalue weighted by Crippen LogP contribution is 2.38. The highest BCUT2D eigenvalue weighted by Gasteiger charge is 2.39. The number of rotatable bonds is 4. The number of aliphatic imine (C=N–C) groups is 1. The van der Waals surface area contributed by atoms with Crippen molar-refractivity contribution in [3.63, 3.8) is 0 Å². The predicted molar refractivity (Wildman–Crippen MR) is 117 cm³/mol. The number of ether oxygens (including phenoxy) is 1. The van der Waals surface area contributed by atoms with Gasteiger partial charge >= 0.3 is 0 Å². The molecule has 4 rings (SSSR count). The second-order valence-electron chi connectivity index (χ2n) is 8.05. The first-order valence-corrected chi connectivity index (χ1v) is 11.5. The number of hydrogen-bond donors (Lipinski definition) is 0. The van der Waals surface area contributed by atoms with Gasteiger partial charge in [0.15, 0.2) is 5.17 Å². The molecule has 5 heteroatoms. The van der Waals surface area contributed by atoms with Crippen LogP contribution in [0.25, 0.3) is 6.08 Å². The summed E-state index contributed by atoms with van der Waals surface area (Å²) in [6, 6.07) is 8.58. The van der Waals surface area contributed by atoms with Crippen molar-refractivity contribution in [3.8, 4) is 5.75 Å². The van der Waals surface area contributed by atoms with E-state index in [0.29, 0.717) is 12.1 Å². The van der Waals surface area contributed by atoms with Gasteiger partial charge in [-0.25, -0.2) is 0 Å². The van der Waals surface area contributed by atoms with Gasteiger partial charge in [0.25, 0.3) is 5.91 Å². The van der Waals surface area contributed by atoms with Crippen LogP contribution >= 0.6 is 11.8 Å². The number of thioether (sulfide) groups is 1. The summed E-state index contributed by atoms with van der Waals surface area (Å²) in [5, 5.41) is 0.948. The molecular formula is C23H30N2O2S. The minimum atomic E-state index is 0.141. The van der Waals surface area contributed by atoms with E-state index >= 15 is 0 Å². The average molecular weight is 399 g/mol. The van der Waals surface area contributed by atoms with Crippen molar-refractivity contribution in [1.82, 2.24) is 4.90 Å². The molecule has 1 aromatic carbocycles. The van der Waals surface area contributed by atoms with E-state index in [4.69, 9.17) is 9.73 Å². The number of methoxy groups -OCH3 is 1. The first-order valence-electron chi connectivity index (χ1n) is 10.7. The number of benzene rings is 1. The Labute approximate surface area is 172 Å². The number of carbonyl (C=O) groups is 1. The summed E-state index contributed by atoms with van der Waals surface area (Å²) < 4.78 is 5.24. The second kappa shape index (κ2) is 9.17. The Morgan fingerprint density at radius 1 is 1.00 bits per heavy atom. The van der Waals surface area contributed by atoms with Gasteiger partial charge in [-0.3, -0.25) is 14.7 Å². The van der Waals surface area contributed by atoms with Gasteiger partial charge in [-0.15, -0.1) is 0 Å². The van der Waals surface area contributed by atoms with Crippen molar-refractivity contribution in [2.24, 2.45) is 4.99 Å². The monoisotopic (exact) mass is 398 g/mol. The van der Waals surface area contributed by atoms with Crippen LogP contribution in [0.3, 0.4) is 0 Å². The van der Waals surface area contributed by atoms with Crippen LogP contribution in [0.15, 0.2) is 34.2 Å². The lowest BCUT2D eigenvalue weighted by molar-refractivity contribution is -0.124. The van der Waals surface area contributed by atoms with Crippen LogP contribution < -0.4 is 4.74 Å². The topological polar surface area (TPSA) is 41.9 Å². The smallest absolute Gasteiger partial charge is 0.266 e. The minimum absolute atomic E-state index is 0.141. The molecule has 1 aromatic rings. The van der Waals surface area contributed by atoms with Gasteiger partial charge in [-0.1, -0.05) is 50.7 Å². The molecule has 0 bridgehead atoms. The fourth-order valence-corrected chi connectivity index (χ4v) is 5.57. The Morgan fingerprint density at radius 2 is 1.64 bits per heavy atom. The third kappa shape index (κ3) is 4.45. The molecule has 1 amide bonds. The number of amidine groups is 1. The average Bonchev–Trinajstić information content (AvgIpc) is 3.04. The van der Waals surface area contributed by atoms with E-state index in [9.17, 15) is 4.79 Å². The van der Waals surface area contributed by atoms with Crippen LogP contribution in [0.2, 0.25) is 0 Å². The maximum absolute atomic E-state index is 13.3. The first-order chi connectivity index (χ1) is 13.7. The summed E-state index contributed by atoms with van der Waals surface area (Å²) in [5.74, 6) is 0.971. The van der Waals surface area contributed by atoms with Crippen LogP contribution in [-0.4, -0.2) is 35.2 Å². The van der Waals surface area contributed by atoms with Gasteiger partial charge < -0.3 is 4.74 Å². The molecule has 3 aliphatic rings. The standard InChI is InChI=1S/C23H30N2O2S/c1-27-20-14-12-17(13-15-20)16-21-22(26)25(19-10-6-3-7-11-19)23(28-21)24-18-8-4-2-5-9-18/h12-16,18-19H,2-11H2,1H3. The normalized spacial score (nSPS) is 25.0. The van der Waals surface area contributed by atoms with E-state index in [2.05, 4.69) is 0 Å². The number of amides is 1. The van der Waals surface area contributed by atoms with Gasteiger partial charge in [0.05, 0.1) is 18.1 Å². The van der Waals surface area contributed by atoms with Crippen molar-refractivity contribution in [2.45, 2.75) is 76.3 Å². The second-order valence-corrected chi connectivity index (χ2v) is 9.06. The first kappa shape index (κ1) is 19.6. The fourth-order valence-electron chi connectivity index (χ4n) is 4.46. The Morgan fingerprint density at radius 3 is 2.29 bits per heavy atom. The van der Waals surface area contributed by atoms with Crippen molar-refractivity contribution in [2.75, 3.05) is 7.11 Å². The van der Waals surface area contributed by atoms with E-state index in [1.54, 1.807) is 18.9 Å². The molecule has 0 N–H and O–H groups in total. The number of hydrogen-bond acceptors (Lipinski definition) is 4. The van der Waals surface area contributed by atoms with E-state index < -0.39 is 0 Å². The van der Waals surface area contributed by atoms with Crippen LogP contribution in [0, 0.1) is 0 Å². The summed E-state index contributed by atoms with van der Waals surface area (Å²) in [6.45, 7) is 0. The molecule has 150 valence electrons. The van der Waals surface area contributed by atoms with Crippen molar-refractivity contribution < 1.29 is 9.53 Å². The Bertz CT molecular complexity index is 744. The molecule has 0 radical (unpaired) electrons. The quantitative estimate of drug-likeness (QED) is 0.617. The van der Waals surface area contributed by atoms with Crippen molar-refractivity contribution >= 4 is 28.9 Å². The molecule has 1 aliphatic heterocycles. The third-order valence-corrected chi connectivity index (χ3v) is 7.06. The van der Waals surface area contributed by atoms with E-state index in [1.807, 2.05) is 35.2 Å². The molecule has 0 unspecified atom stereocenters. The molecule has 3 fully saturated rings. The number of carbonyl (C=O) groups excluding carboxylic acids is 1. The molecule has 2 aliphatic carbocycles. The van der Waals surface area contributed by atoms with Gasteiger partial charge in [-0.2, -0.15) is 0 Å². The highest BCUT2D eigenvalue weighted by atomic mass is 32.2. The molecule has 1 saturated heterocycles. The molecule has 4 nitrogen and oxygen atoms in total. The lowest BCUT2D eigenvalue weighted by Crippen LogP contribution is -2.41. The van der Waals surface area contributed by atoms with Crippen LogP contribution in [0.5, 0.6) is 5.75 Å². The maximum Gasteiger partial charge on any atom is 0.266 e. The lowest BCUT2D eigenvalue weighted by atomic mass is 9.94. The van der Waals surface area contributed by atoms with Crippen molar-refractivity contribution in [1.29, 1.82) is 0 Å². The van der Waals surface area contributed by atoms with Crippen LogP contribution in [0.1, 0.15) is 69.8 Å². The summed E-state index contributed by atoms with van der Waals surface area (Å²) in [7, 11) is 1.67. The van der Waals surface area contributed by atoms with Gasteiger partial charge in [0.1, 0.15) is 5.75 Å². The zero-order valence-electron chi connectivity index (χ0n) is 16.7. The largest absolute Gasteiger partial charge is 0.497 e. The van der Waals surface area contributed by atoms with Gasteiger partial charge in [-0.05, 0) is 61.2 Å². The minimum Gasteiger partial charge on any atom is -0.497 e. The third-order valence-electron chi connectivity index (χ3n) is 6.06. The zero-order chi connectivity index (χ0) is 19.3. The molecule has 0 spiro atoms. The summed E-state index contributed by atoms with van der Waals surface area (Å²) in [4.78, 5) is 21.2. The van der Waals surface area contributed by atoms with Gasteiger partial charge in [0, 0.05) is 6.04 Å². The molecule has 28 heavy (non-hydrogen) atoms. The SMILES string of the molecule is COc1ccc(C=C2SC(=NC3CCCCC3)N(C3CCCCC3)C2=O)cc1. The maximum atomic E-state index is 13.3. The lowest BCUT2D eigenvalue weighted by Gasteiger charge is -2.31. The van der Waals surface area contributed by atoms with E-state index in [0.717, 1.165) is 47.1 Å². The van der Waals surface area contributed by atoms with E-state index in [1.165, 1.54) is 38.5 Å².